The molecule has 0 saturated carbocycles. The van der Waals surface area contributed by atoms with E-state index in [1.54, 1.807) is 48.7 Å². The van der Waals surface area contributed by atoms with Crippen molar-refractivity contribution in [3.8, 4) is 11.1 Å². The number of rotatable bonds is 3. The summed E-state index contributed by atoms with van der Waals surface area (Å²) < 4.78 is 15.9. The number of nitrogens with one attached hydrogen (secondary N) is 1. The van der Waals surface area contributed by atoms with Gasteiger partial charge in [-0.2, -0.15) is 5.10 Å². The number of hydrogen-bond acceptors (Lipinski definition) is 4. The molecule has 31 heavy (non-hydrogen) atoms. The summed E-state index contributed by atoms with van der Waals surface area (Å²) >= 11 is 6.06. The minimum atomic E-state index is -0.515. The van der Waals surface area contributed by atoms with Gasteiger partial charge in [-0.25, -0.2) is 18.6 Å². The van der Waals surface area contributed by atoms with Crippen LogP contribution in [0.15, 0.2) is 78.0 Å². The Morgan fingerprint density at radius 2 is 1.81 bits per heavy atom. The SMILES string of the molecule is O=C(Nn1ccc2c(cnc3c(-c4ccc(F)cc4)cnn32)c1=O)c1ccccc1Cl. The van der Waals surface area contributed by atoms with Crippen molar-refractivity contribution in [1.29, 1.82) is 0 Å². The summed E-state index contributed by atoms with van der Waals surface area (Å²) in [5, 5.41) is 4.89. The second kappa shape index (κ2) is 7.33. The van der Waals surface area contributed by atoms with Crippen molar-refractivity contribution < 1.29 is 9.18 Å². The number of benzene rings is 2. The molecule has 0 bridgehead atoms. The highest BCUT2D eigenvalue weighted by molar-refractivity contribution is 6.34. The van der Waals surface area contributed by atoms with Crippen molar-refractivity contribution in [2.45, 2.75) is 0 Å². The van der Waals surface area contributed by atoms with Crippen molar-refractivity contribution in [2.24, 2.45) is 0 Å². The third kappa shape index (κ3) is 3.23. The van der Waals surface area contributed by atoms with Crippen molar-refractivity contribution >= 4 is 34.1 Å². The van der Waals surface area contributed by atoms with Gasteiger partial charge in [0.2, 0.25) is 0 Å². The molecule has 7 nitrogen and oxygen atoms in total. The van der Waals surface area contributed by atoms with Crippen molar-refractivity contribution in [3.05, 3.63) is 99.9 Å². The lowest BCUT2D eigenvalue weighted by molar-refractivity contribution is 0.101. The van der Waals surface area contributed by atoms with Gasteiger partial charge in [0.05, 0.1) is 27.7 Å². The summed E-state index contributed by atoms with van der Waals surface area (Å²) in [4.78, 5) is 29.8. The zero-order chi connectivity index (χ0) is 21.5. The molecule has 1 N–H and O–H groups in total. The lowest BCUT2D eigenvalue weighted by Crippen LogP contribution is -2.33. The number of halogens is 2. The van der Waals surface area contributed by atoms with E-state index in [1.807, 2.05) is 0 Å². The molecule has 0 saturated heterocycles. The molecule has 3 aromatic heterocycles. The highest BCUT2D eigenvalue weighted by atomic mass is 35.5. The van der Waals surface area contributed by atoms with Crippen molar-refractivity contribution in [3.63, 3.8) is 0 Å². The summed E-state index contributed by atoms with van der Waals surface area (Å²) in [6.45, 7) is 0. The van der Waals surface area contributed by atoms with Crippen LogP contribution in [0.2, 0.25) is 5.02 Å². The molecule has 0 fully saturated rings. The van der Waals surface area contributed by atoms with Crippen LogP contribution in [0.5, 0.6) is 0 Å². The number of nitrogens with zero attached hydrogens (tertiary/aromatic N) is 4. The van der Waals surface area contributed by atoms with E-state index in [9.17, 15) is 14.0 Å². The van der Waals surface area contributed by atoms with Crippen molar-refractivity contribution in [2.75, 3.05) is 5.43 Å². The normalized spacial score (nSPS) is 11.2. The molecule has 0 aliphatic heterocycles. The minimum absolute atomic E-state index is 0.251. The fourth-order valence-electron chi connectivity index (χ4n) is 3.35. The van der Waals surface area contributed by atoms with Crippen LogP contribution in [0.1, 0.15) is 10.4 Å². The van der Waals surface area contributed by atoms with Gasteiger partial charge in [0.15, 0.2) is 5.65 Å². The Bertz CT molecular complexity index is 1530. The van der Waals surface area contributed by atoms with Gasteiger partial charge < -0.3 is 0 Å². The summed E-state index contributed by atoms with van der Waals surface area (Å²) in [5.41, 5.74) is 4.82. The predicted molar refractivity (Wildman–Crippen MR) is 115 cm³/mol. The molecule has 1 amide bonds. The zero-order valence-electron chi connectivity index (χ0n) is 15.8. The largest absolute Gasteiger partial charge is 0.280 e. The maximum Gasteiger partial charge on any atom is 0.280 e. The number of pyridine rings is 1. The van der Waals surface area contributed by atoms with Crippen LogP contribution in [-0.4, -0.2) is 25.2 Å². The van der Waals surface area contributed by atoms with E-state index < -0.39 is 11.5 Å². The fourth-order valence-corrected chi connectivity index (χ4v) is 3.57. The Morgan fingerprint density at radius 3 is 2.58 bits per heavy atom. The van der Waals surface area contributed by atoms with Gasteiger partial charge in [-0.3, -0.25) is 15.0 Å². The molecule has 0 aliphatic carbocycles. The molecular weight excluding hydrogens is 421 g/mol. The Hall–Kier alpha value is -4.04. The number of hydrogen-bond donors (Lipinski definition) is 1. The van der Waals surface area contributed by atoms with E-state index in [4.69, 9.17) is 11.6 Å². The third-order valence-corrected chi connectivity index (χ3v) is 5.22. The number of aromatic nitrogens is 4. The molecule has 0 atom stereocenters. The first-order chi connectivity index (χ1) is 15.0. The fraction of sp³-hybridized carbons (Fsp3) is 0. The van der Waals surface area contributed by atoms with Gasteiger partial charge in [0, 0.05) is 18.0 Å². The topological polar surface area (TPSA) is 81.3 Å². The summed E-state index contributed by atoms with van der Waals surface area (Å²) in [7, 11) is 0. The molecule has 0 aliphatic rings. The smallest absolute Gasteiger partial charge is 0.267 e. The first-order valence-corrected chi connectivity index (χ1v) is 9.60. The first-order valence-electron chi connectivity index (χ1n) is 9.23. The maximum atomic E-state index is 13.2. The quantitative estimate of drug-likeness (QED) is 0.468. The number of carbonyl (C=O) groups excluding carboxylic acids is 1. The third-order valence-electron chi connectivity index (χ3n) is 4.89. The highest BCUT2D eigenvalue weighted by Crippen LogP contribution is 2.25. The lowest BCUT2D eigenvalue weighted by Gasteiger charge is -2.10. The average molecular weight is 434 g/mol. The first kappa shape index (κ1) is 19.0. The van der Waals surface area contributed by atoms with Crippen LogP contribution >= 0.6 is 11.6 Å². The van der Waals surface area contributed by atoms with E-state index in [0.29, 0.717) is 16.7 Å². The molecule has 0 spiro atoms. The molecule has 5 rings (SSSR count). The maximum absolute atomic E-state index is 13.2. The molecule has 2 aromatic carbocycles. The summed E-state index contributed by atoms with van der Waals surface area (Å²) in [6.07, 6.45) is 4.48. The van der Waals surface area contributed by atoms with Crippen LogP contribution in [0.25, 0.3) is 27.7 Å². The van der Waals surface area contributed by atoms with Gasteiger partial charge in [-0.15, -0.1) is 0 Å². The van der Waals surface area contributed by atoms with Crippen LogP contribution in [0.4, 0.5) is 4.39 Å². The summed E-state index contributed by atoms with van der Waals surface area (Å²) in [5.74, 6) is -0.850. The molecule has 9 heteroatoms. The average Bonchev–Trinajstić information content (AvgIpc) is 3.21. The van der Waals surface area contributed by atoms with Gasteiger partial charge in [-0.1, -0.05) is 35.9 Å². The molecule has 0 radical (unpaired) electrons. The van der Waals surface area contributed by atoms with Crippen LogP contribution in [0.3, 0.4) is 0 Å². The van der Waals surface area contributed by atoms with E-state index >= 15 is 0 Å². The van der Waals surface area contributed by atoms with Crippen LogP contribution < -0.4 is 11.0 Å². The predicted octanol–water partition coefficient (Wildman–Crippen LogP) is 3.89. The van der Waals surface area contributed by atoms with Gasteiger partial charge in [-0.05, 0) is 35.9 Å². The van der Waals surface area contributed by atoms with E-state index in [0.717, 1.165) is 10.2 Å². The van der Waals surface area contributed by atoms with Gasteiger partial charge in [0.25, 0.3) is 11.5 Å². The van der Waals surface area contributed by atoms with Crippen molar-refractivity contribution in [1.82, 2.24) is 19.3 Å². The number of fused-ring (bicyclic) bond motifs is 3. The summed E-state index contributed by atoms with van der Waals surface area (Å²) in [6, 6.07) is 14.2. The van der Waals surface area contributed by atoms with E-state index in [2.05, 4.69) is 15.5 Å². The Balaban J connectivity index is 1.57. The van der Waals surface area contributed by atoms with Crippen LogP contribution in [-0.2, 0) is 0 Å². The second-order valence-corrected chi connectivity index (χ2v) is 7.18. The van der Waals surface area contributed by atoms with Gasteiger partial charge in [0.1, 0.15) is 5.82 Å². The van der Waals surface area contributed by atoms with Gasteiger partial charge >= 0.3 is 0 Å². The lowest BCUT2D eigenvalue weighted by atomic mass is 10.1. The minimum Gasteiger partial charge on any atom is -0.267 e. The zero-order valence-corrected chi connectivity index (χ0v) is 16.5. The molecule has 0 unspecified atom stereocenters. The Labute approximate surface area is 179 Å². The highest BCUT2D eigenvalue weighted by Gasteiger charge is 2.15. The molecular formula is C22H13ClFN5O2. The Kier molecular flexibility index (Phi) is 4.48. The molecule has 3 heterocycles. The molecule has 5 aromatic rings. The van der Waals surface area contributed by atoms with E-state index in [-0.39, 0.29) is 21.8 Å². The number of carbonyl (C=O) groups is 1. The van der Waals surface area contributed by atoms with E-state index in [1.165, 1.54) is 29.0 Å². The number of amides is 1. The van der Waals surface area contributed by atoms with Crippen LogP contribution in [0, 0.1) is 5.82 Å². The monoisotopic (exact) mass is 433 g/mol. The second-order valence-electron chi connectivity index (χ2n) is 6.77. The Morgan fingerprint density at radius 1 is 1.03 bits per heavy atom. The standard InChI is InChI=1S/C22H13ClFN5O2/c23-18-4-2-1-3-15(18)21(30)27-28-10-9-19-17(22(28)31)11-25-20-16(12-26-29(19)20)13-5-7-14(24)8-6-13/h1-12H,(H,27,30). The molecule has 152 valence electrons.